The highest BCUT2D eigenvalue weighted by Gasteiger charge is 2.26. The molecule has 1 amide bonds. The van der Waals surface area contributed by atoms with Gasteiger partial charge in [-0.05, 0) is 62.6 Å². The van der Waals surface area contributed by atoms with Crippen LogP contribution >= 0.6 is 0 Å². The molecule has 1 aliphatic carbocycles. The van der Waals surface area contributed by atoms with Gasteiger partial charge < -0.3 is 15.5 Å². The Labute approximate surface area is 187 Å². The number of primary amides is 1. The van der Waals surface area contributed by atoms with Crippen LogP contribution in [0.3, 0.4) is 0 Å². The van der Waals surface area contributed by atoms with Gasteiger partial charge in [-0.1, -0.05) is 19.4 Å². The molecule has 170 valence electrons. The lowest BCUT2D eigenvalue weighted by Gasteiger charge is -2.27. The standard InChI is InChI=1S/C24H31N5O3/c1-4-6-18-20-21(29(3)28-18)24(31)27-23(26-20)17-13-16(11-12-19(17)32-5-2)14-7-9-15(10-8-14)22(25)30/h11-15H,4-10H2,1-3H3,(H2,25,30)(H,26,27,31)/t14-,15-. The summed E-state index contributed by atoms with van der Waals surface area (Å²) in [6, 6.07) is 6.10. The zero-order valence-corrected chi connectivity index (χ0v) is 19.0. The highest BCUT2D eigenvalue weighted by molar-refractivity contribution is 5.80. The van der Waals surface area contributed by atoms with Crippen molar-refractivity contribution in [3.63, 3.8) is 0 Å². The van der Waals surface area contributed by atoms with Gasteiger partial charge in [-0.3, -0.25) is 14.3 Å². The number of hydrogen-bond donors (Lipinski definition) is 2. The number of benzene rings is 1. The van der Waals surface area contributed by atoms with Crippen LogP contribution in [-0.4, -0.2) is 32.3 Å². The first kappa shape index (κ1) is 22.0. The number of H-pyrrole nitrogens is 1. The molecule has 3 aromatic rings. The summed E-state index contributed by atoms with van der Waals surface area (Å²) in [5.74, 6) is 1.28. The third-order valence-electron chi connectivity index (χ3n) is 6.41. The number of aromatic nitrogens is 4. The minimum Gasteiger partial charge on any atom is -0.493 e. The summed E-state index contributed by atoms with van der Waals surface area (Å²) in [6.45, 7) is 4.53. The first-order valence-corrected chi connectivity index (χ1v) is 11.4. The minimum absolute atomic E-state index is 0.0311. The number of aryl methyl sites for hydroxylation is 2. The Bertz CT molecular complexity index is 1190. The minimum atomic E-state index is -0.211. The van der Waals surface area contributed by atoms with Crippen LogP contribution in [0.15, 0.2) is 23.0 Å². The smallest absolute Gasteiger partial charge is 0.277 e. The molecular formula is C24H31N5O3. The predicted molar refractivity (Wildman–Crippen MR) is 124 cm³/mol. The van der Waals surface area contributed by atoms with Crippen molar-refractivity contribution in [3.8, 4) is 17.1 Å². The highest BCUT2D eigenvalue weighted by Crippen LogP contribution is 2.39. The van der Waals surface area contributed by atoms with Crippen LogP contribution in [0.1, 0.15) is 63.1 Å². The molecule has 1 saturated carbocycles. The van der Waals surface area contributed by atoms with E-state index in [1.54, 1.807) is 11.7 Å². The molecule has 4 rings (SSSR count). The topological polar surface area (TPSA) is 116 Å². The maximum atomic E-state index is 12.9. The summed E-state index contributed by atoms with van der Waals surface area (Å²) in [6.07, 6.45) is 5.11. The Morgan fingerprint density at radius 3 is 2.66 bits per heavy atom. The first-order chi connectivity index (χ1) is 15.4. The lowest BCUT2D eigenvalue weighted by atomic mass is 9.78. The maximum Gasteiger partial charge on any atom is 0.277 e. The number of hydrogen-bond acceptors (Lipinski definition) is 5. The van der Waals surface area contributed by atoms with E-state index in [1.165, 1.54) is 0 Å². The van der Waals surface area contributed by atoms with Gasteiger partial charge in [-0.15, -0.1) is 0 Å². The molecule has 0 aliphatic heterocycles. The van der Waals surface area contributed by atoms with Crippen molar-refractivity contribution in [1.82, 2.24) is 19.7 Å². The van der Waals surface area contributed by atoms with E-state index in [4.69, 9.17) is 15.5 Å². The number of carbonyl (C=O) groups excluding carboxylic acids is 1. The molecule has 1 aromatic carbocycles. The lowest BCUT2D eigenvalue weighted by Crippen LogP contribution is -2.27. The van der Waals surface area contributed by atoms with Crippen molar-refractivity contribution in [2.75, 3.05) is 6.61 Å². The van der Waals surface area contributed by atoms with Crippen molar-refractivity contribution in [1.29, 1.82) is 0 Å². The van der Waals surface area contributed by atoms with Gasteiger partial charge in [0.15, 0.2) is 5.52 Å². The van der Waals surface area contributed by atoms with Crippen LogP contribution in [0.2, 0.25) is 0 Å². The van der Waals surface area contributed by atoms with E-state index >= 15 is 0 Å². The largest absolute Gasteiger partial charge is 0.493 e. The fourth-order valence-corrected chi connectivity index (χ4v) is 4.76. The zero-order chi connectivity index (χ0) is 22.8. The van der Waals surface area contributed by atoms with Crippen molar-refractivity contribution in [2.24, 2.45) is 18.7 Å². The average molecular weight is 438 g/mol. The Hall–Kier alpha value is -3.16. The fraction of sp³-hybridized carbons (Fsp3) is 0.500. The molecule has 8 nitrogen and oxygen atoms in total. The molecule has 8 heteroatoms. The first-order valence-electron chi connectivity index (χ1n) is 11.4. The Kier molecular flexibility index (Phi) is 6.30. The van der Waals surface area contributed by atoms with Crippen molar-refractivity contribution >= 4 is 16.9 Å². The number of amides is 1. The molecule has 1 fully saturated rings. The summed E-state index contributed by atoms with van der Waals surface area (Å²) in [4.78, 5) is 32.2. The SMILES string of the molecule is CCCc1nn(C)c2c(=O)[nH]c(-c3cc([C@H]4CC[C@H](C(N)=O)CC4)ccc3OCC)nc12. The molecule has 2 heterocycles. The summed E-state index contributed by atoms with van der Waals surface area (Å²) in [5.41, 5.74) is 9.17. The highest BCUT2D eigenvalue weighted by atomic mass is 16.5. The molecule has 0 unspecified atom stereocenters. The number of ether oxygens (including phenoxy) is 1. The summed E-state index contributed by atoms with van der Waals surface area (Å²) in [5, 5.41) is 4.51. The number of rotatable bonds is 7. The number of fused-ring (bicyclic) bond motifs is 1. The van der Waals surface area contributed by atoms with Gasteiger partial charge in [-0.2, -0.15) is 5.10 Å². The summed E-state index contributed by atoms with van der Waals surface area (Å²) in [7, 11) is 1.77. The number of carbonyl (C=O) groups is 1. The van der Waals surface area contributed by atoms with Crippen LogP contribution in [0.25, 0.3) is 22.4 Å². The number of nitrogens with zero attached hydrogens (tertiary/aromatic N) is 3. The van der Waals surface area contributed by atoms with E-state index in [-0.39, 0.29) is 17.4 Å². The molecule has 2 aromatic heterocycles. The molecule has 1 aliphatic rings. The third kappa shape index (κ3) is 4.13. The van der Waals surface area contributed by atoms with E-state index < -0.39 is 0 Å². The van der Waals surface area contributed by atoms with Crippen LogP contribution < -0.4 is 16.0 Å². The molecule has 32 heavy (non-hydrogen) atoms. The van der Waals surface area contributed by atoms with E-state index in [0.717, 1.165) is 55.3 Å². The molecule has 0 radical (unpaired) electrons. The average Bonchev–Trinajstić information content (AvgIpc) is 3.10. The van der Waals surface area contributed by atoms with Gasteiger partial charge in [0, 0.05) is 13.0 Å². The second-order valence-electron chi connectivity index (χ2n) is 8.57. The Balaban J connectivity index is 1.77. The molecule has 0 spiro atoms. The van der Waals surface area contributed by atoms with Gasteiger partial charge in [-0.25, -0.2) is 4.98 Å². The third-order valence-corrected chi connectivity index (χ3v) is 6.41. The Morgan fingerprint density at radius 1 is 1.25 bits per heavy atom. The molecule has 0 atom stereocenters. The maximum absolute atomic E-state index is 12.9. The number of aromatic amines is 1. The second-order valence-corrected chi connectivity index (χ2v) is 8.57. The van der Waals surface area contributed by atoms with Gasteiger partial charge in [0.1, 0.15) is 17.1 Å². The van der Waals surface area contributed by atoms with Gasteiger partial charge >= 0.3 is 0 Å². The van der Waals surface area contributed by atoms with E-state index in [1.807, 2.05) is 13.0 Å². The molecule has 0 saturated heterocycles. The van der Waals surface area contributed by atoms with Gasteiger partial charge in [0.2, 0.25) is 5.91 Å². The van der Waals surface area contributed by atoms with Crippen LogP contribution in [0.4, 0.5) is 0 Å². The van der Waals surface area contributed by atoms with E-state index in [9.17, 15) is 9.59 Å². The van der Waals surface area contributed by atoms with Crippen molar-refractivity contribution in [3.05, 3.63) is 39.8 Å². The zero-order valence-electron chi connectivity index (χ0n) is 19.0. The van der Waals surface area contributed by atoms with Crippen molar-refractivity contribution < 1.29 is 9.53 Å². The fourth-order valence-electron chi connectivity index (χ4n) is 4.76. The van der Waals surface area contributed by atoms with Crippen LogP contribution in [-0.2, 0) is 18.3 Å². The van der Waals surface area contributed by atoms with Crippen molar-refractivity contribution in [2.45, 2.75) is 58.3 Å². The molecular weight excluding hydrogens is 406 g/mol. The molecule has 0 bridgehead atoms. The normalized spacial score (nSPS) is 18.7. The number of nitrogens with one attached hydrogen (secondary N) is 1. The second kappa shape index (κ2) is 9.14. The van der Waals surface area contributed by atoms with Crippen LogP contribution in [0, 0.1) is 5.92 Å². The lowest BCUT2D eigenvalue weighted by molar-refractivity contribution is -0.122. The predicted octanol–water partition coefficient (Wildman–Crippen LogP) is 3.43. The summed E-state index contributed by atoms with van der Waals surface area (Å²) >= 11 is 0. The monoisotopic (exact) mass is 437 g/mol. The Morgan fingerprint density at radius 2 is 2.00 bits per heavy atom. The molecule has 3 N–H and O–H groups in total. The van der Waals surface area contributed by atoms with Gasteiger partial charge in [0.25, 0.3) is 5.56 Å². The van der Waals surface area contributed by atoms with Gasteiger partial charge in [0.05, 0.1) is 17.9 Å². The van der Waals surface area contributed by atoms with E-state index in [2.05, 4.69) is 29.1 Å². The quantitative estimate of drug-likeness (QED) is 0.587. The summed E-state index contributed by atoms with van der Waals surface area (Å²) < 4.78 is 7.48. The number of nitrogens with two attached hydrogens (primary N) is 1. The van der Waals surface area contributed by atoms with E-state index in [0.29, 0.717) is 35.1 Å². The van der Waals surface area contributed by atoms with Crippen LogP contribution in [0.5, 0.6) is 5.75 Å².